The molecule has 4 rings (SSSR count). The Hall–Kier alpha value is -2.72. The van der Waals surface area contributed by atoms with E-state index in [1.165, 1.54) is 11.1 Å². The quantitative estimate of drug-likeness (QED) is 0.687. The van der Waals surface area contributed by atoms with Crippen LogP contribution in [-0.2, 0) is 11.3 Å². The fourth-order valence-corrected chi connectivity index (χ4v) is 3.81. The summed E-state index contributed by atoms with van der Waals surface area (Å²) in [6, 6.07) is 18.6. The molecule has 0 radical (unpaired) electrons. The number of aromatic nitrogens is 1. The molecule has 1 aliphatic heterocycles. The van der Waals surface area contributed by atoms with Gasteiger partial charge in [-0.05, 0) is 42.5 Å². The molecule has 1 aliphatic rings. The van der Waals surface area contributed by atoms with Crippen molar-refractivity contribution in [2.45, 2.75) is 45.2 Å². The van der Waals surface area contributed by atoms with Crippen molar-refractivity contribution in [3.8, 4) is 0 Å². The van der Waals surface area contributed by atoms with E-state index in [0.29, 0.717) is 5.92 Å². The van der Waals surface area contributed by atoms with Crippen LogP contribution in [0.3, 0.4) is 0 Å². The van der Waals surface area contributed by atoms with Crippen molar-refractivity contribution in [2.75, 3.05) is 11.9 Å². The number of likely N-dealkylation sites (tertiary alicyclic amines) is 1. The van der Waals surface area contributed by atoms with Gasteiger partial charge in [0, 0.05) is 24.7 Å². The van der Waals surface area contributed by atoms with Crippen LogP contribution in [0.4, 0.5) is 5.69 Å². The number of anilines is 1. The van der Waals surface area contributed by atoms with E-state index in [2.05, 4.69) is 53.3 Å². The summed E-state index contributed by atoms with van der Waals surface area (Å²) in [5.74, 6) is 0.569. The van der Waals surface area contributed by atoms with Gasteiger partial charge in [-0.15, -0.1) is 0 Å². The number of amides is 1. The molecule has 0 saturated carbocycles. The van der Waals surface area contributed by atoms with Gasteiger partial charge in [0.25, 0.3) is 0 Å². The zero-order valence-electron chi connectivity index (χ0n) is 16.8. The van der Waals surface area contributed by atoms with Gasteiger partial charge in [-0.1, -0.05) is 56.3 Å². The number of para-hydroxylation sites is 1. The van der Waals surface area contributed by atoms with Crippen LogP contribution in [-0.4, -0.2) is 27.9 Å². The normalized spacial score (nSPS) is 19.6. The number of benzene rings is 2. The number of pyridine rings is 1. The second-order valence-corrected chi connectivity index (χ2v) is 8.18. The van der Waals surface area contributed by atoms with Gasteiger partial charge in [0.15, 0.2) is 0 Å². The van der Waals surface area contributed by atoms with Gasteiger partial charge < -0.3 is 5.32 Å². The molecule has 1 atom stereocenters. The van der Waals surface area contributed by atoms with Crippen LogP contribution in [0.15, 0.2) is 60.8 Å². The fourth-order valence-electron chi connectivity index (χ4n) is 3.81. The first-order valence-electron chi connectivity index (χ1n) is 9.96. The zero-order chi connectivity index (χ0) is 19.7. The SMILES string of the molecule is CC(C)c1ccc(CN2CCC2(C)C(=O)Nc2cccc3cccnc23)cc1. The Balaban J connectivity index is 1.49. The third-order valence-corrected chi connectivity index (χ3v) is 5.96. The Morgan fingerprint density at radius 2 is 1.89 bits per heavy atom. The lowest BCUT2D eigenvalue weighted by atomic mass is 9.85. The Bertz CT molecular complexity index is 991. The highest BCUT2D eigenvalue weighted by Crippen LogP contribution is 2.34. The Morgan fingerprint density at radius 3 is 2.57 bits per heavy atom. The molecule has 3 aromatic rings. The van der Waals surface area contributed by atoms with Crippen LogP contribution < -0.4 is 5.32 Å². The van der Waals surface area contributed by atoms with Gasteiger partial charge in [0.05, 0.1) is 16.7 Å². The van der Waals surface area contributed by atoms with E-state index in [-0.39, 0.29) is 5.91 Å². The van der Waals surface area contributed by atoms with Crippen molar-refractivity contribution >= 4 is 22.5 Å². The first kappa shape index (κ1) is 18.6. The second kappa shape index (κ2) is 7.36. The minimum atomic E-state index is -0.492. The monoisotopic (exact) mass is 373 g/mol. The lowest BCUT2D eigenvalue weighted by Crippen LogP contribution is -2.63. The van der Waals surface area contributed by atoms with Gasteiger partial charge in [0.2, 0.25) is 5.91 Å². The highest BCUT2D eigenvalue weighted by Gasteiger charge is 2.46. The maximum absolute atomic E-state index is 13.1. The Kier molecular flexibility index (Phi) is 4.90. The maximum atomic E-state index is 13.1. The average molecular weight is 374 g/mol. The molecule has 0 bridgehead atoms. The topological polar surface area (TPSA) is 45.2 Å². The molecule has 4 heteroatoms. The molecule has 1 saturated heterocycles. The van der Waals surface area contributed by atoms with E-state index < -0.39 is 5.54 Å². The van der Waals surface area contributed by atoms with Crippen molar-refractivity contribution in [1.82, 2.24) is 9.88 Å². The van der Waals surface area contributed by atoms with Crippen LogP contribution in [0.5, 0.6) is 0 Å². The highest BCUT2D eigenvalue weighted by molar-refractivity contribution is 6.04. The molecule has 1 unspecified atom stereocenters. The van der Waals surface area contributed by atoms with Crippen LogP contribution in [0.25, 0.3) is 10.9 Å². The highest BCUT2D eigenvalue weighted by atomic mass is 16.2. The number of hydrogen-bond donors (Lipinski definition) is 1. The molecule has 1 aromatic heterocycles. The molecular formula is C24H27N3O. The van der Waals surface area contributed by atoms with Crippen LogP contribution in [0, 0.1) is 0 Å². The maximum Gasteiger partial charge on any atom is 0.244 e. The van der Waals surface area contributed by atoms with Gasteiger partial charge in [-0.25, -0.2) is 0 Å². The zero-order valence-corrected chi connectivity index (χ0v) is 16.8. The van der Waals surface area contributed by atoms with E-state index in [4.69, 9.17) is 0 Å². The fraction of sp³-hybridized carbons (Fsp3) is 0.333. The molecule has 2 aromatic carbocycles. The summed E-state index contributed by atoms with van der Waals surface area (Å²) in [7, 11) is 0. The standard InChI is InChI=1S/C24H27N3O/c1-17(2)19-11-9-18(10-12-19)16-27-15-13-24(27,3)23(28)26-21-8-4-6-20-7-5-14-25-22(20)21/h4-12,14,17H,13,15-16H2,1-3H3,(H,26,28). The van der Waals surface area contributed by atoms with Gasteiger partial charge in [0.1, 0.15) is 0 Å². The number of rotatable bonds is 5. The molecule has 2 heterocycles. The summed E-state index contributed by atoms with van der Waals surface area (Å²) in [5, 5.41) is 4.15. The second-order valence-electron chi connectivity index (χ2n) is 8.18. The van der Waals surface area contributed by atoms with Gasteiger partial charge in [-0.3, -0.25) is 14.7 Å². The van der Waals surface area contributed by atoms with Crippen molar-refractivity contribution < 1.29 is 4.79 Å². The number of fused-ring (bicyclic) bond motifs is 1. The minimum Gasteiger partial charge on any atom is -0.323 e. The number of nitrogens with one attached hydrogen (secondary N) is 1. The summed E-state index contributed by atoms with van der Waals surface area (Å²) in [6.07, 6.45) is 2.62. The summed E-state index contributed by atoms with van der Waals surface area (Å²) in [5.41, 5.74) is 3.70. The van der Waals surface area contributed by atoms with Crippen LogP contribution in [0.2, 0.25) is 0 Å². The lowest BCUT2D eigenvalue weighted by Gasteiger charge is -2.49. The predicted molar refractivity (Wildman–Crippen MR) is 114 cm³/mol. The molecule has 0 spiro atoms. The van der Waals surface area contributed by atoms with E-state index in [1.54, 1.807) is 6.20 Å². The van der Waals surface area contributed by atoms with Crippen molar-refractivity contribution in [3.63, 3.8) is 0 Å². The first-order chi connectivity index (χ1) is 13.5. The smallest absolute Gasteiger partial charge is 0.244 e. The largest absolute Gasteiger partial charge is 0.323 e. The predicted octanol–water partition coefficient (Wildman–Crippen LogP) is 4.96. The van der Waals surface area contributed by atoms with E-state index in [9.17, 15) is 4.79 Å². The van der Waals surface area contributed by atoms with Gasteiger partial charge >= 0.3 is 0 Å². The molecule has 28 heavy (non-hydrogen) atoms. The summed E-state index contributed by atoms with van der Waals surface area (Å²) in [4.78, 5) is 19.8. The van der Waals surface area contributed by atoms with Crippen molar-refractivity contribution in [1.29, 1.82) is 0 Å². The number of carbonyl (C=O) groups excluding carboxylic acids is 1. The Morgan fingerprint density at radius 1 is 1.14 bits per heavy atom. The lowest BCUT2D eigenvalue weighted by molar-refractivity contribution is -0.136. The summed E-state index contributed by atoms with van der Waals surface area (Å²) in [6.45, 7) is 8.16. The molecule has 4 nitrogen and oxygen atoms in total. The third kappa shape index (κ3) is 3.40. The molecular weight excluding hydrogens is 346 g/mol. The average Bonchev–Trinajstić information content (AvgIpc) is 2.71. The van der Waals surface area contributed by atoms with Crippen LogP contribution >= 0.6 is 0 Å². The van der Waals surface area contributed by atoms with Crippen molar-refractivity contribution in [3.05, 3.63) is 71.9 Å². The minimum absolute atomic E-state index is 0.0377. The molecule has 1 amide bonds. The molecule has 144 valence electrons. The number of nitrogens with zero attached hydrogens (tertiary/aromatic N) is 2. The summed E-state index contributed by atoms with van der Waals surface area (Å²) < 4.78 is 0. The van der Waals surface area contributed by atoms with E-state index in [1.807, 2.05) is 37.3 Å². The third-order valence-electron chi connectivity index (χ3n) is 5.96. The molecule has 1 N–H and O–H groups in total. The summed E-state index contributed by atoms with van der Waals surface area (Å²) >= 11 is 0. The Labute approximate surface area is 166 Å². The van der Waals surface area contributed by atoms with E-state index >= 15 is 0 Å². The first-order valence-corrected chi connectivity index (χ1v) is 9.96. The number of carbonyl (C=O) groups is 1. The van der Waals surface area contributed by atoms with Crippen molar-refractivity contribution in [2.24, 2.45) is 0 Å². The number of hydrogen-bond acceptors (Lipinski definition) is 3. The van der Waals surface area contributed by atoms with Gasteiger partial charge in [-0.2, -0.15) is 0 Å². The van der Waals surface area contributed by atoms with Crippen LogP contribution in [0.1, 0.15) is 44.2 Å². The molecule has 0 aliphatic carbocycles. The molecule has 1 fully saturated rings. The van der Waals surface area contributed by atoms with E-state index in [0.717, 1.165) is 36.1 Å².